The Bertz CT molecular complexity index is 116. The van der Waals surface area contributed by atoms with Crippen molar-refractivity contribution in [2.45, 2.75) is 24.7 Å². The van der Waals surface area contributed by atoms with Crippen LogP contribution in [0.4, 0.5) is 0 Å². The molecule has 0 aromatic heterocycles. The van der Waals surface area contributed by atoms with E-state index in [4.69, 9.17) is 20.4 Å². The van der Waals surface area contributed by atoms with Gasteiger partial charge in [-0.15, -0.1) is 0 Å². The second kappa shape index (κ2) is 5.20. The monoisotopic (exact) mass is 164 g/mol. The molecule has 0 aromatic rings. The molecular formula is C6H12O5. The van der Waals surface area contributed by atoms with Crippen LogP contribution in [0.3, 0.4) is 0 Å². The summed E-state index contributed by atoms with van der Waals surface area (Å²) in [6.45, 7) is -0.497. The highest BCUT2D eigenvalue weighted by atomic mass is 16.3. The Morgan fingerprint density at radius 1 is 1.27 bits per heavy atom. The lowest BCUT2D eigenvalue weighted by molar-refractivity contribution is -0.121. The zero-order chi connectivity index (χ0) is 8.85. The van der Waals surface area contributed by atoms with Crippen molar-refractivity contribution in [1.29, 1.82) is 0 Å². The summed E-state index contributed by atoms with van der Waals surface area (Å²) in [4.78, 5) is 9.86. The molecule has 0 amide bonds. The predicted octanol–water partition coefficient (Wildman–Crippen LogP) is -2.35. The van der Waals surface area contributed by atoms with Gasteiger partial charge in [0.25, 0.3) is 0 Å². The van der Waals surface area contributed by atoms with Gasteiger partial charge in [0.2, 0.25) is 0 Å². The van der Waals surface area contributed by atoms with Crippen LogP contribution < -0.4 is 0 Å². The maximum Gasteiger partial charge on any atom is 0.151 e. The van der Waals surface area contributed by atoms with Gasteiger partial charge in [-0.2, -0.15) is 0 Å². The van der Waals surface area contributed by atoms with Gasteiger partial charge in [-0.25, -0.2) is 0 Å². The molecule has 0 bridgehead atoms. The minimum absolute atomic E-state index is 0.175. The van der Waals surface area contributed by atoms with Crippen LogP contribution in [0.1, 0.15) is 6.42 Å². The van der Waals surface area contributed by atoms with Crippen molar-refractivity contribution < 1.29 is 25.2 Å². The number of hydrogen-bond donors (Lipinski definition) is 4. The molecule has 0 aromatic carbocycles. The predicted molar refractivity (Wildman–Crippen MR) is 35.8 cm³/mol. The molecule has 66 valence electrons. The van der Waals surface area contributed by atoms with E-state index in [-0.39, 0.29) is 12.7 Å². The largest absolute Gasteiger partial charge is 0.394 e. The molecule has 0 radical (unpaired) electrons. The molecule has 0 heterocycles. The van der Waals surface area contributed by atoms with E-state index in [0.29, 0.717) is 0 Å². The first-order valence-corrected chi connectivity index (χ1v) is 3.22. The van der Waals surface area contributed by atoms with Crippen molar-refractivity contribution in [3.05, 3.63) is 0 Å². The standard InChI is InChI=1S/C6H12O5/c7-2-4(9)1-5(10)6(11)3-8/h3-7,9-11H,1-2H2/t4-,5+,6+/m1/s1. The fraction of sp³-hybridized carbons (Fsp3) is 0.833. The van der Waals surface area contributed by atoms with Crippen LogP contribution in [-0.2, 0) is 4.79 Å². The summed E-state index contributed by atoms with van der Waals surface area (Å²) in [5.41, 5.74) is 0. The third-order valence-corrected chi connectivity index (χ3v) is 1.26. The highest BCUT2D eigenvalue weighted by molar-refractivity contribution is 5.56. The van der Waals surface area contributed by atoms with Crippen LogP contribution in [0.2, 0.25) is 0 Å². The van der Waals surface area contributed by atoms with Gasteiger partial charge in [0.15, 0.2) is 6.29 Å². The quantitative estimate of drug-likeness (QED) is 0.341. The van der Waals surface area contributed by atoms with Gasteiger partial charge in [0.1, 0.15) is 6.10 Å². The van der Waals surface area contributed by atoms with Crippen molar-refractivity contribution in [2.75, 3.05) is 6.61 Å². The lowest BCUT2D eigenvalue weighted by Crippen LogP contribution is -2.32. The van der Waals surface area contributed by atoms with Gasteiger partial charge < -0.3 is 25.2 Å². The molecule has 4 N–H and O–H groups in total. The van der Waals surface area contributed by atoms with Gasteiger partial charge in [0.05, 0.1) is 18.8 Å². The fourth-order valence-corrected chi connectivity index (χ4v) is 0.583. The van der Waals surface area contributed by atoms with Gasteiger partial charge >= 0.3 is 0 Å². The molecule has 0 aliphatic rings. The van der Waals surface area contributed by atoms with Crippen LogP contribution in [0.5, 0.6) is 0 Å². The second-order valence-corrected chi connectivity index (χ2v) is 2.27. The molecule has 0 aliphatic carbocycles. The summed E-state index contributed by atoms with van der Waals surface area (Å²) in [6, 6.07) is 0. The minimum atomic E-state index is -1.49. The molecule has 0 fully saturated rings. The molecule has 5 nitrogen and oxygen atoms in total. The van der Waals surface area contributed by atoms with Gasteiger partial charge in [0, 0.05) is 6.42 Å². The van der Waals surface area contributed by atoms with Crippen molar-refractivity contribution in [3.63, 3.8) is 0 Å². The van der Waals surface area contributed by atoms with E-state index in [1.807, 2.05) is 0 Å². The molecule has 0 saturated heterocycles. The highest BCUT2D eigenvalue weighted by Crippen LogP contribution is 2.00. The van der Waals surface area contributed by atoms with E-state index in [9.17, 15) is 4.79 Å². The van der Waals surface area contributed by atoms with E-state index >= 15 is 0 Å². The highest BCUT2D eigenvalue weighted by Gasteiger charge is 2.18. The zero-order valence-electron chi connectivity index (χ0n) is 5.92. The van der Waals surface area contributed by atoms with Gasteiger partial charge in [-0.1, -0.05) is 0 Å². The van der Waals surface area contributed by atoms with E-state index in [1.165, 1.54) is 0 Å². The number of carbonyl (C=O) groups is 1. The molecule has 5 heteroatoms. The molecule has 0 aliphatic heterocycles. The zero-order valence-corrected chi connectivity index (χ0v) is 5.92. The summed E-state index contributed by atoms with van der Waals surface area (Å²) >= 11 is 0. The third kappa shape index (κ3) is 4.05. The van der Waals surface area contributed by atoms with Crippen molar-refractivity contribution >= 4 is 6.29 Å². The van der Waals surface area contributed by atoms with E-state index in [2.05, 4.69) is 0 Å². The average Bonchev–Trinajstić information content (AvgIpc) is 2.02. The molecule has 0 unspecified atom stereocenters. The molecule has 11 heavy (non-hydrogen) atoms. The van der Waals surface area contributed by atoms with Gasteiger partial charge in [-0.3, -0.25) is 0 Å². The Labute approximate surface area is 63.9 Å². The fourth-order valence-electron chi connectivity index (χ4n) is 0.583. The van der Waals surface area contributed by atoms with Crippen LogP contribution in [0.25, 0.3) is 0 Å². The summed E-state index contributed by atoms with van der Waals surface area (Å²) in [5.74, 6) is 0. The maximum absolute atomic E-state index is 9.86. The molecule has 0 rings (SSSR count). The van der Waals surface area contributed by atoms with Crippen LogP contribution in [0.15, 0.2) is 0 Å². The summed E-state index contributed by atoms with van der Waals surface area (Å²) in [6.07, 6.45) is -3.93. The normalized spacial score (nSPS) is 18.9. The smallest absolute Gasteiger partial charge is 0.151 e. The number of aliphatic hydroxyl groups excluding tert-OH is 4. The Kier molecular flexibility index (Phi) is 4.97. The number of aliphatic hydroxyl groups is 4. The van der Waals surface area contributed by atoms with Crippen LogP contribution in [-0.4, -0.2) is 51.6 Å². The topological polar surface area (TPSA) is 98.0 Å². The first kappa shape index (κ1) is 10.5. The summed E-state index contributed by atoms with van der Waals surface area (Å²) in [5, 5.41) is 34.6. The minimum Gasteiger partial charge on any atom is -0.394 e. The number of aldehydes is 1. The first-order valence-electron chi connectivity index (χ1n) is 3.22. The summed E-state index contributed by atoms with van der Waals surface area (Å²) in [7, 11) is 0. The van der Waals surface area contributed by atoms with Crippen LogP contribution in [0, 0.1) is 0 Å². The second-order valence-electron chi connectivity index (χ2n) is 2.27. The Hall–Kier alpha value is -0.490. The lowest BCUT2D eigenvalue weighted by Gasteiger charge is -2.14. The van der Waals surface area contributed by atoms with Crippen molar-refractivity contribution in [1.82, 2.24) is 0 Å². The Morgan fingerprint density at radius 3 is 2.18 bits per heavy atom. The Balaban J connectivity index is 3.66. The van der Waals surface area contributed by atoms with Crippen LogP contribution >= 0.6 is 0 Å². The van der Waals surface area contributed by atoms with E-state index in [0.717, 1.165) is 0 Å². The van der Waals surface area contributed by atoms with Crippen molar-refractivity contribution in [3.8, 4) is 0 Å². The first-order chi connectivity index (χ1) is 5.11. The van der Waals surface area contributed by atoms with Gasteiger partial charge in [-0.05, 0) is 0 Å². The molecule has 3 atom stereocenters. The maximum atomic E-state index is 9.86. The lowest BCUT2D eigenvalue weighted by atomic mass is 10.1. The number of carbonyl (C=O) groups excluding carboxylic acids is 1. The molecule has 0 saturated carbocycles. The van der Waals surface area contributed by atoms with Crippen molar-refractivity contribution in [2.24, 2.45) is 0 Å². The molecular weight excluding hydrogens is 152 g/mol. The van der Waals surface area contributed by atoms with E-state index < -0.39 is 24.9 Å². The number of hydrogen-bond acceptors (Lipinski definition) is 5. The SMILES string of the molecule is O=C[C@H](O)[C@@H](O)C[C@@H](O)CO. The number of rotatable bonds is 5. The van der Waals surface area contributed by atoms with E-state index in [1.54, 1.807) is 0 Å². The average molecular weight is 164 g/mol. The molecule has 0 spiro atoms. The Morgan fingerprint density at radius 2 is 1.82 bits per heavy atom. The summed E-state index contributed by atoms with van der Waals surface area (Å²) < 4.78 is 0. The third-order valence-electron chi connectivity index (χ3n) is 1.26.